The lowest BCUT2D eigenvalue weighted by Crippen LogP contribution is -2.22. The molecule has 0 amide bonds. The van der Waals surface area contributed by atoms with Crippen molar-refractivity contribution in [2.45, 2.75) is 18.0 Å². The zero-order valence-electron chi connectivity index (χ0n) is 11.9. The third-order valence-electron chi connectivity index (χ3n) is 3.11. The fourth-order valence-corrected chi connectivity index (χ4v) is 3.10. The molecule has 1 aromatic carbocycles. The highest BCUT2D eigenvalue weighted by molar-refractivity contribution is 7.89. The Morgan fingerprint density at radius 2 is 2.00 bits per heavy atom. The smallest absolute Gasteiger partial charge is 0.242 e. The van der Waals surface area contributed by atoms with Crippen molar-refractivity contribution in [1.29, 1.82) is 0 Å². The van der Waals surface area contributed by atoms with Crippen molar-refractivity contribution < 1.29 is 12.8 Å². The fourth-order valence-electron chi connectivity index (χ4n) is 1.99. The van der Waals surface area contributed by atoms with Crippen LogP contribution in [0.2, 0.25) is 0 Å². The van der Waals surface area contributed by atoms with E-state index >= 15 is 0 Å². The maximum atomic E-state index is 13.1. The molecular formula is C14H18FN3O2S. The first-order chi connectivity index (χ1) is 9.92. The number of halogens is 1. The van der Waals surface area contributed by atoms with Crippen molar-refractivity contribution in [2.24, 2.45) is 7.05 Å². The van der Waals surface area contributed by atoms with Gasteiger partial charge in [0.05, 0.1) is 4.90 Å². The third kappa shape index (κ3) is 3.90. The Balaban J connectivity index is 2.13. The van der Waals surface area contributed by atoms with Gasteiger partial charge in [-0.25, -0.2) is 17.5 Å². The van der Waals surface area contributed by atoms with Crippen molar-refractivity contribution in [3.05, 3.63) is 53.6 Å². The van der Waals surface area contributed by atoms with Gasteiger partial charge in [-0.3, -0.25) is 0 Å². The van der Waals surface area contributed by atoms with Crippen molar-refractivity contribution >= 4 is 10.0 Å². The Morgan fingerprint density at radius 1 is 1.24 bits per heavy atom. The molecule has 0 aliphatic heterocycles. The van der Waals surface area contributed by atoms with E-state index in [2.05, 4.69) is 10.0 Å². The first-order valence-corrected chi connectivity index (χ1v) is 7.94. The summed E-state index contributed by atoms with van der Waals surface area (Å²) >= 11 is 0. The van der Waals surface area contributed by atoms with Gasteiger partial charge in [0.15, 0.2) is 0 Å². The standard InChI is InChI=1S/C14H18FN3O2S/c1-16-9-13-7-14(10-18(13)2)21(19,20)17-8-11-4-3-5-12(15)6-11/h3-7,10,16-17H,8-9H2,1-2H3. The van der Waals surface area contributed by atoms with E-state index in [1.54, 1.807) is 43.1 Å². The van der Waals surface area contributed by atoms with Crippen LogP contribution in [-0.4, -0.2) is 20.0 Å². The van der Waals surface area contributed by atoms with E-state index < -0.39 is 10.0 Å². The molecule has 0 fully saturated rings. The maximum Gasteiger partial charge on any atom is 0.242 e. The summed E-state index contributed by atoms with van der Waals surface area (Å²) in [6, 6.07) is 7.46. The van der Waals surface area contributed by atoms with Gasteiger partial charge < -0.3 is 9.88 Å². The normalized spacial score (nSPS) is 11.8. The third-order valence-corrected chi connectivity index (χ3v) is 4.47. The highest BCUT2D eigenvalue weighted by atomic mass is 32.2. The Bertz CT molecular complexity index is 726. The predicted octanol–water partition coefficient (Wildman–Crippen LogP) is 1.36. The molecule has 7 heteroatoms. The quantitative estimate of drug-likeness (QED) is 0.847. The number of benzene rings is 1. The van der Waals surface area contributed by atoms with Crippen molar-refractivity contribution in [2.75, 3.05) is 7.05 Å². The molecule has 2 aromatic rings. The number of rotatable bonds is 6. The maximum absolute atomic E-state index is 13.1. The summed E-state index contributed by atoms with van der Waals surface area (Å²) in [5, 5.41) is 2.98. The number of nitrogens with one attached hydrogen (secondary N) is 2. The number of aromatic nitrogens is 1. The zero-order chi connectivity index (χ0) is 15.5. The van der Waals surface area contributed by atoms with Crippen LogP contribution in [0.4, 0.5) is 4.39 Å². The topological polar surface area (TPSA) is 63.1 Å². The SMILES string of the molecule is CNCc1cc(S(=O)(=O)NCc2cccc(F)c2)cn1C. The summed E-state index contributed by atoms with van der Waals surface area (Å²) in [6.45, 7) is 0.631. The Kier molecular flexibility index (Phi) is 4.76. The van der Waals surface area contributed by atoms with E-state index in [1.165, 1.54) is 12.1 Å². The fraction of sp³-hybridized carbons (Fsp3) is 0.286. The molecule has 114 valence electrons. The van der Waals surface area contributed by atoms with Crippen LogP contribution in [0.25, 0.3) is 0 Å². The van der Waals surface area contributed by atoms with E-state index in [0.29, 0.717) is 12.1 Å². The lowest BCUT2D eigenvalue weighted by molar-refractivity contribution is 0.580. The Labute approximate surface area is 123 Å². The molecule has 0 atom stereocenters. The molecule has 0 saturated heterocycles. The van der Waals surface area contributed by atoms with E-state index in [9.17, 15) is 12.8 Å². The molecule has 1 heterocycles. The second-order valence-corrected chi connectivity index (χ2v) is 6.53. The van der Waals surface area contributed by atoms with E-state index in [0.717, 1.165) is 5.69 Å². The molecule has 21 heavy (non-hydrogen) atoms. The van der Waals surface area contributed by atoms with Crippen LogP contribution in [0, 0.1) is 5.82 Å². The molecule has 0 aliphatic carbocycles. The minimum absolute atomic E-state index is 0.0519. The van der Waals surface area contributed by atoms with Gasteiger partial charge in [0.1, 0.15) is 5.82 Å². The van der Waals surface area contributed by atoms with Crippen LogP contribution in [0.1, 0.15) is 11.3 Å². The molecule has 0 saturated carbocycles. The minimum Gasteiger partial charge on any atom is -0.352 e. The van der Waals surface area contributed by atoms with Gasteiger partial charge in [-0.05, 0) is 30.8 Å². The zero-order valence-corrected chi connectivity index (χ0v) is 12.7. The Morgan fingerprint density at radius 3 is 2.67 bits per heavy atom. The summed E-state index contributed by atoms with van der Waals surface area (Å²) in [4.78, 5) is 0.201. The predicted molar refractivity (Wildman–Crippen MR) is 78.6 cm³/mol. The van der Waals surface area contributed by atoms with E-state index in [4.69, 9.17) is 0 Å². The molecule has 1 aromatic heterocycles. The molecule has 2 rings (SSSR count). The summed E-state index contributed by atoms with van der Waals surface area (Å²) in [6.07, 6.45) is 1.56. The molecule has 0 aliphatic rings. The molecule has 0 bridgehead atoms. The summed E-state index contributed by atoms with van der Waals surface area (Å²) in [7, 11) is -0.0274. The highest BCUT2D eigenvalue weighted by Gasteiger charge is 2.17. The first kappa shape index (κ1) is 15.7. The number of hydrogen-bond donors (Lipinski definition) is 2. The van der Waals surface area contributed by atoms with Crippen LogP contribution in [0.3, 0.4) is 0 Å². The first-order valence-electron chi connectivity index (χ1n) is 6.46. The van der Waals surface area contributed by atoms with E-state index in [1.807, 2.05) is 0 Å². The van der Waals surface area contributed by atoms with Crippen LogP contribution in [-0.2, 0) is 30.2 Å². The second-order valence-electron chi connectivity index (χ2n) is 4.76. The highest BCUT2D eigenvalue weighted by Crippen LogP contribution is 2.14. The van der Waals surface area contributed by atoms with Crippen LogP contribution in [0.5, 0.6) is 0 Å². The van der Waals surface area contributed by atoms with E-state index in [-0.39, 0.29) is 17.3 Å². The number of nitrogens with zero attached hydrogens (tertiary/aromatic N) is 1. The van der Waals surface area contributed by atoms with Crippen molar-refractivity contribution in [3.8, 4) is 0 Å². The summed E-state index contributed by atoms with van der Waals surface area (Å²) in [5.41, 5.74) is 1.44. The average Bonchev–Trinajstić information content (AvgIpc) is 2.80. The second kappa shape index (κ2) is 6.38. The van der Waals surface area contributed by atoms with Gasteiger partial charge >= 0.3 is 0 Å². The molecule has 0 spiro atoms. The van der Waals surface area contributed by atoms with Crippen LogP contribution >= 0.6 is 0 Å². The van der Waals surface area contributed by atoms with Crippen molar-refractivity contribution in [3.63, 3.8) is 0 Å². The van der Waals surface area contributed by atoms with Gasteiger partial charge in [0.2, 0.25) is 10.0 Å². The summed E-state index contributed by atoms with van der Waals surface area (Å²) in [5.74, 6) is -0.386. The molecule has 0 unspecified atom stereocenters. The average molecular weight is 311 g/mol. The number of sulfonamides is 1. The molecule has 5 nitrogen and oxygen atoms in total. The van der Waals surface area contributed by atoms with Gasteiger partial charge in [0.25, 0.3) is 0 Å². The minimum atomic E-state index is -3.61. The monoisotopic (exact) mass is 311 g/mol. The lowest BCUT2D eigenvalue weighted by atomic mass is 10.2. The van der Waals surface area contributed by atoms with Gasteiger partial charge in [-0.15, -0.1) is 0 Å². The van der Waals surface area contributed by atoms with Gasteiger partial charge in [-0.2, -0.15) is 0 Å². The largest absolute Gasteiger partial charge is 0.352 e. The Hall–Kier alpha value is -1.70. The lowest BCUT2D eigenvalue weighted by Gasteiger charge is -2.05. The number of hydrogen-bond acceptors (Lipinski definition) is 3. The van der Waals surface area contributed by atoms with Gasteiger partial charge in [0, 0.05) is 32.0 Å². The van der Waals surface area contributed by atoms with Gasteiger partial charge in [-0.1, -0.05) is 12.1 Å². The van der Waals surface area contributed by atoms with Crippen LogP contribution < -0.4 is 10.0 Å². The molecule has 2 N–H and O–H groups in total. The van der Waals surface area contributed by atoms with Crippen LogP contribution in [0.15, 0.2) is 41.4 Å². The summed E-state index contributed by atoms with van der Waals surface area (Å²) < 4.78 is 41.7. The molecular weight excluding hydrogens is 293 g/mol. The van der Waals surface area contributed by atoms with Crippen molar-refractivity contribution in [1.82, 2.24) is 14.6 Å². The number of aryl methyl sites for hydroxylation is 1. The molecule has 0 radical (unpaired) electrons.